The first-order chi connectivity index (χ1) is 34.4. The number of aliphatic hydroxyl groups excluding tert-OH is 4. The van der Waals surface area contributed by atoms with Crippen molar-refractivity contribution in [2.24, 2.45) is 0 Å². The molecule has 0 aromatic heterocycles. The van der Waals surface area contributed by atoms with Crippen LogP contribution < -0.4 is 0 Å². The van der Waals surface area contributed by atoms with Crippen molar-refractivity contribution in [3.05, 3.63) is 309 Å². The Morgan fingerprint density at radius 3 is 0.557 bits per heavy atom. The second-order valence-corrected chi connectivity index (χ2v) is 19.9. The Morgan fingerprint density at radius 1 is 0.200 bits per heavy atom. The van der Waals surface area contributed by atoms with E-state index in [9.17, 15) is 20.4 Å². The zero-order chi connectivity index (χ0) is 47.6. The highest BCUT2D eigenvalue weighted by Gasteiger charge is 2.47. The van der Waals surface area contributed by atoms with Crippen molar-refractivity contribution in [1.29, 1.82) is 0 Å². The fourth-order valence-corrected chi connectivity index (χ4v) is 12.6. The molecule has 17 rings (SSSR count). The molecule has 0 heterocycles. The number of hydrogen-bond donors (Lipinski definition) is 4. The summed E-state index contributed by atoms with van der Waals surface area (Å²) in [5.41, 5.74) is 13.2. The van der Waals surface area contributed by atoms with E-state index in [1.165, 1.54) is 44.5 Å². The van der Waals surface area contributed by atoms with Gasteiger partial charge in [0.15, 0.2) is 0 Å². The van der Waals surface area contributed by atoms with E-state index in [1.54, 1.807) is 24.3 Å². The maximum absolute atomic E-state index is 11.5. The van der Waals surface area contributed by atoms with Crippen molar-refractivity contribution in [3.8, 4) is 0 Å². The molecule has 0 radical (unpaired) electrons. The minimum absolute atomic E-state index is 0.184. The van der Waals surface area contributed by atoms with Crippen molar-refractivity contribution >= 4 is 0 Å². The van der Waals surface area contributed by atoms with Crippen LogP contribution in [0.2, 0.25) is 0 Å². The van der Waals surface area contributed by atoms with Crippen molar-refractivity contribution in [1.82, 2.24) is 0 Å². The predicted molar refractivity (Wildman–Crippen MR) is 281 cm³/mol. The van der Waals surface area contributed by atoms with Gasteiger partial charge in [0.2, 0.25) is 0 Å². The Labute approximate surface area is 412 Å². The van der Waals surface area contributed by atoms with Crippen molar-refractivity contribution in [2.75, 3.05) is 0 Å². The normalized spacial score (nSPS) is 28.4. The van der Waals surface area contributed by atoms with Gasteiger partial charge >= 0.3 is 0 Å². The van der Waals surface area contributed by atoms with Gasteiger partial charge in [-0.2, -0.15) is 0 Å². The Kier molecular flexibility index (Phi) is 13.1. The maximum Gasteiger partial charge on any atom is 0.0972 e. The van der Waals surface area contributed by atoms with Gasteiger partial charge in [0.1, 0.15) is 0 Å². The lowest BCUT2D eigenvalue weighted by Gasteiger charge is -2.29. The summed E-state index contributed by atoms with van der Waals surface area (Å²) in [6, 6.07) is 77.1. The molecule has 70 heavy (non-hydrogen) atoms. The van der Waals surface area contributed by atoms with Crippen LogP contribution in [0.3, 0.4) is 0 Å². The molecule has 0 saturated heterocycles. The third-order valence-electron chi connectivity index (χ3n) is 16.0. The maximum atomic E-state index is 11.5. The SMILES string of the molecule is OC1/C=C\C(O)c2ccc(cc2)C2CC(c3ccc(cc3)C(O)/C=C\C(O)c3ccc(cc3)C3CC(c4ccc1cc4)C(c1ccccc1)C3c1ccccc1)C(c1ccccc1)C2c1ccccc1. The summed E-state index contributed by atoms with van der Waals surface area (Å²) in [5.74, 6) is 1.50. The molecule has 348 valence electrons. The van der Waals surface area contributed by atoms with Crippen molar-refractivity contribution in [2.45, 2.75) is 84.6 Å². The number of rotatable bonds is 4. The summed E-state index contributed by atoms with van der Waals surface area (Å²) in [6.07, 6.45) is 5.09. The Bertz CT molecular complexity index is 2590. The molecule has 0 amide bonds. The van der Waals surface area contributed by atoms with Gasteiger partial charge in [-0.1, -0.05) is 243 Å². The van der Waals surface area contributed by atoms with Gasteiger partial charge in [0.05, 0.1) is 24.4 Å². The average molecular weight is 917 g/mol. The molecule has 12 unspecified atom stereocenters. The Balaban J connectivity index is 0.977. The van der Waals surface area contributed by atoms with E-state index in [0.717, 1.165) is 35.1 Å². The van der Waals surface area contributed by atoms with Gasteiger partial charge in [-0.15, -0.1) is 0 Å². The molecule has 0 spiro atoms. The summed E-state index contributed by atoms with van der Waals surface area (Å²) < 4.78 is 0. The minimum Gasteiger partial charge on any atom is -0.384 e. The summed E-state index contributed by atoms with van der Waals surface area (Å²) in [6.45, 7) is 0. The van der Waals surface area contributed by atoms with Crippen LogP contribution in [0.25, 0.3) is 0 Å². The summed E-state index contributed by atoms with van der Waals surface area (Å²) in [7, 11) is 0. The van der Waals surface area contributed by atoms with Gasteiger partial charge in [0.25, 0.3) is 0 Å². The van der Waals surface area contributed by atoms with Crippen molar-refractivity contribution in [3.63, 3.8) is 0 Å². The highest BCUT2D eigenvalue weighted by atomic mass is 16.3. The van der Waals surface area contributed by atoms with E-state index in [0.29, 0.717) is 0 Å². The van der Waals surface area contributed by atoms with Gasteiger partial charge in [-0.05, 0) is 127 Å². The molecule has 9 aliphatic rings. The van der Waals surface area contributed by atoms with E-state index in [-0.39, 0.29) is 47.3 Å². The fourth-order valence-electron chi connectivity index (χ4n) is 12.6. The summed E-state index contributed by atoms with van der Waals surface area (Å²) >= 11 is 0. The number of aliphatic hydroxyl groups is 4. The fraction of sp³-hybridized carbons (Fsp3) is 0.212. The Morgan fingerprint density at radius 2 is 0.371 bits per heavy atom. The van der Waals surface area contributed by atoms with Crippen LogP contribution in [-0.4, -0.2) is 20.4 Å². The van der Waals surface area contributed by atoms with Gasteiger partial charge < -0.3 is 20.4 Å². The van der Waals surface area contributed by atoms with E-state index >= 15 is 0 Å². The standard InChI is InChI=1S/C66H60O4/c67-59-37-38-61(69)49-33-25-45(26-34-49)57-42-58(66(54-19-11-4-12-20-54)65(57)53-17-9-3-10-18-53)46-27-35-50(36-28-46)62(70)40-39-60(68)48-31-23-44(24-32-48)56-41-55(43-21-29-47(59)30-22-43)63(51-13-5-1-6-14-51)64(56)52-15-7-2-8-16-52/h1-40,55-70H,41-42H2/b38-37-,40-39-. The van der Waals surface area contributed by atoms with E-state index < -0.39 is 24.4 Å². The van der Waals surface area contributed by atoms with Crippen molar-refractivity contribution < 1.29 is 20.4 Å². The van der Waals surface area contributed by atoms with Crippen LogP contribution in [0.4, 0.5) is 0 Å². The molecule has 4 N–H and O–H groups in total. The third kappa shape index (κ3) is 9.17. The van der Waals surface area contributed by atoms with Crippen LogP contribution in [0.5, 0.6) is 0 Å². The summed E-state index contributed by atoms with van der Waals surface area (Å²) in [4.78, 5) is 0. The van der Waals surface area contributed by atoms with Crippen LogP contribution in [0, 0.1) is 0 Å². The molecule has 4 heteroatoms. The molecule has 2 fully saturated rings. The lowest BCUT2D eigenvalue weighted by Crippen LogP contribution is -2.14. The van der Waals surface area contributed by atoms with E-state index in [4.69, 9.17) is 0 Å². The first-order valence-corrected chi connectivity index (χ1v) is 25.1. The number of hydrogen-bond acceptors (Lipinski definition) is 4. The molecule has 2 saturated carbocycles. The molecule has 4 nitrogen and oxygen atoms in total. The molecule has 0 aliphatic heterocycles. The van der Waals surface area contributed by atoms with E-state index in [2.05, 4.69) is 170 Å². The second-order valence-electron chi connectivity index (χ2n) is 19.9. The highest BCUT2D eigenvalue weighted by Crippen LogP contribution is 2.62. The monoisotopic (exact) mass is 916 g/mol. The lowest BCUT2D eigenvalue weighted by atomic mass is 9.75. The molecule has 12 atom stereocenters. The largest absolute Gasteiger partial charge is 0.384 e. The van der Waals surface area contributed by atoms with Gasteiger partial charge in [0, 0.05) is 0 Å². The smallest absolute Gasteiger partial charge is 0.0972 e. The van der Waals surface area contributed by atoms with Crippen LogP contribution in [-0.2, 0) is 0 Å². The molecular formula is C66H60O4. The third-order valence-corrected chi connectivity index (χ3v) is 16.0. The van der Waals surface area contributed by atoms with E-state index in [1.807, 2.05) is 48.5 Å². The molecular weight excluding hydrogens is 857 g/mol. The molecule has 9 aliphatic carbocycles. The minimum atomic E-state index is -0.889. The van der Waals surface area contributed by atoms with Crippen LogP contribution >= 0.6 is 0 Å². The Hall–Kier alpha value is -6.92. The first-order valence-electron chi connectivity index (χ1n) is 25.1. The van der Waals surface area contributed by atoms with Gasteiger partial charge in [-0.3, -0.25) is 0 Å². The number of benzene rings is 8. The topological polar surface area (TPSA) is 80.9 Å². The molecule has 8 aromatic rings. The zero-order valence-electron chi connectivity index (χ0n) is 39.2. The predicted octanol–water partition coefficient (Wildman–Crippen LogP) is 14.3. The first kappa shape index (κ1) is 45.5. The lowest BCUT2D eigenvalue weighted by molar-refractivity contribution is 0.212. The zero-order valence-corrected chi connectivity index (χ0v) is 39.2. The van der Waals surface area contributed by atoms with Gasteiger partial charge in [-0.25, -0.2) is 0 Å². The van der Waals surface area contributed by atoms with Crippen LogP contribution in [0.1, 0.15) is 151 Å². The van der Waals surface area contributed by atoms with Crippen LogP contribution in [0.15, 0.2) is 243 Å². The second kappa shape index (κ2) is 20.2. The molecule has 12 bridgehead atoms. The quantitative estimate of drug-likeness (QED) is 0.133. The highest BCUT2D eigenvalue weighted by molar-refractivity contribution is 5.46. The molecule has 8 aromatic carbocycles. The average Bonchev–Trinajstić information content (AvgIpc) is 4.03. The summed E-state index contributed by atoms with van der Waals surface area (Å²) in [5, 5.41) is 46.1.